The molecule has 0 rings (SSSR count). The van der Waals surface area contributed by atoms with Gasteiger partial charge in [-0.15, -0.1) is 16.2 Å². The zero-order chi connectivity index (χ0) is 4.99. The van der Waals surface area contributed by atoms with Crippen molar-refractivity contribution in [2.24, 2.45) is 0 Å². The standard InChI is InChI=1S/C2H4ClO2S/c3-1-2-6(4)5/h1-2H2. The molecule has 0 aromatic heterocycles. The Bertz CT molecular complexity index is 55.5. The third kappa shape index (κ3) is 4.40. The van der Waals surface area contributed by atoms with Crippen molar-refractivity contribution in [3.05, 3.63) is 0 Å². The Morgan fingerprint density at radius 1 is 1.67 bits per heavy atom. The smallest absolute Gasteiger partial charge is 0.190 e. The second-order valence-electron chi connectivity index (χ2n) is 0.697. The summed E-state index contributed by atoms with van der Waals surface area (Å²) >= 11 is 3.06. The molecular weight excluding hydrogens is 124 g/mol. The third-order valence-corrected chi connectivity index (χ3v) is 1.19. The maximum atomic E-state index is 9.51. The average molecular weight is 128 g/mol. The molecule has 0 N–H and O–H groups in total. The van der Waals surface area contributed by atoms with Gasteiger partial charge in [0.15, 0.2) is 11.1 Å². The van der Waals surface area contributed by atoms with Crippen LogP contribution >= 0.6 is 11.6 Å². The van der Waals surface area contributed by atoms with Crippen molar-refractivity contribution in [3.63, 3.8) is 0 Å². The quantitative estimate of drug-likeness (QED) is 0.493. The average Bonchev–Trinajstić information content (AvgIpc) is 1.35. The number of halogens is 1. The van der Waals surface area contributed by atoms with Crippen LogP contribution in [0.25, 0.3) is 0 Å². The highest BCUT2D eigenvalue weighted by molar-refractivity contribution is 7.79. The van der Waals surface area contributed by atoms with Crippen LogP contribution < -0.4 is 0 Å². The molecule has 0 bridgehead atoms. The van der Waals surface area contributed by atoms with Crippen LogP contribution in [0.15, 0.2) is 0 Å². The summed E-state index contributed by atoms with van der Waals surface area (Å²) in [4.78, 5) is 0. The van der Waals surface area contributed by atoms with E-state index in [1.54, 1.807) is 0 Å². The van der Waals surface area contributed by atoms with E-state index in [1.807, 2.05) is 0 Å². The van der Waals surface area contributed by atoms with Crippen LogP contribution in [0.2, 0.25) is 0 Å². The van der Waals surface area contributed by atoms with Gasteiger partial charge in [-0.3, -0.25) is 0 Å². The Balaban J connectivity index is 2.83. The summed E-state index contributed by atoms with van der Waals surface area (Å²) in [7, 11) is 0. The highest BCUT2D eigenvalue weighted by atomic mass is 35.5. The van der Waals surface area contributed by atoms with E-state index in [0.717, 1.165) is 0 Å². The van der Waals surface area contributed by atoms with Crippen LogP contribution in [-0.4, -0.2) is 15.8 Å². The minimum atomic E-state index is -1.95. The van der Waals surface area contributed by atoms with Crippen molar-refractivity contribution in [1.82, 2.24) is 0 Å². The fourth-order valence-electron chi connectivity index (χ4n) is 0.0630. The van der Waals surface area contributed by atoms with Crippen molar-refractivity contribution in [2.45, 2.75) is 0 Å². The molecule has 0 heterocycles. The van der Waals surface area contributed by atoms with Gasteiger partial charge in [-0.25, -0.2) is 4.21 Å². The number of rotatable bonds is 2. The summed E-state index contributed by atoms with van der Waals surface area (Å²) < 4.78 is 19.0. The predicted molar refractivity (Wildman–Crippen MR) is 24.4 cm³/mol. The monoisotopic (exact) mass is 127 g/mol. The first kappa shape index (κ1) is 6.40. The summed E-state index contributed by atoms with van der Waals surface area (Å²) in [6.45, 7) is 0. The molecule has 0 saturated heterocycles. The van der Waals surface area contributed by atoms with Crippen molar-refractivity contribution in [1.29, 1.82) is 0 Å². The lowest BCUT2D eigenvalue weighted by molar-refractivity contribution is 0.474. The largest absolute Gasteiger partial charge is 0.227 e. The zero-order valence-electron chi connectivity index (χ0n) is 3.02. The highest BCUT2D eigenvalue weighted by Crippen LogP contribution is 1.77. The van der Waals surface area contributed by atoms with Gasteiger partial charge in [0.1, 0.15) is 0 Å². The fourth-order valence-corrected chi connectivity index (χ4v) is 0.567. The summed E-state index contributed by atoms with van der Waals surface area (Å²) in [5.74, 6) is 0.248. The number of hydrogen-bond acceptors (Lipinski definition) is 1. The third-order valence-electron chi connectivity index (χ3n) is 0.244. The van der Waals surface area contributed by atoms with E-state index in [9.17, 15) is 8.76 Å². The fraction of sp³-hybridized carbons (Fsp3) is 1.00. The second-order valence-corrected chi connectivity index (χ2v) is 2.09. The lowest BCUT2D eigenvalue weighted by atomic mass is 11.0. The Kier molecular flexibility index (Phi) is 3.82. The van der Waals surface area contributed by atoms with E-state index in [0.29, 0.717) is 0 Å². The van der Waals surface area contributed by atoms with E-state index in [1.165, 1.54) is 0 Å². The summed E-state index contributed by atoms with van der Waals surface area (Å²) in [5.41, 5.74) is 0. The normalized spacial score (nSPS) is 14.3. The van der Waals surface area contributed by atoms with E-state index in [4.69, 9.17) is 11.6 Å². The molecular formula is C2H4ClO2S. The minimum Gasteiger partial charge on any atom is -0.227 e. The first-order valence-electron chi connectivity index (χ1n) is 1.39. The molecule has 1 atom stereocenters. The molecule has 0 aliphatic carbocycles. The maximum absolute atomic E-state index is 9.51. The first-order valence-corrected chi connectivity index (χ1v) is 3.17. The van der Waals surface area contributed by atoms with Gasteiger partial charge >= 0.3 is 0 Å². The molecule has 1 radical (unpaired) electrons. The number of alkyl halides is 1. The molecule has 0 spiro atoms. The molecule has 0 aliphatic heterocycles. The molecule has 0 aromatic carbocycles. The van der Waals surface area contributed by atoms with E-state index >= 15 is 0 Å². The van der Waals surface area contributed by atoms with Crippen LogP contribution in [0, 0.1) is 0 Å². The maximum Gasteiger partial charge on any atom is 0.190 e. The second kappa shape index (κ2) is 3.59. The first-order chi connectivity index (χ1) is 2.77. The Labute approximate surface area is 43.8 Å². The molecule has 0 fully saturated rings. The van der Waals surface area contributed by atoms with Crippen molar-refractivity contribution < 1.29 is 8.76 Å². The van der Waals surface area contributed by atoms with Crippen molar-refractivity contribution in [2.75, 3.05) is 11.6 Å². The Morgan fingerprint density at radius 3 is 2.17 bits per heavy atom. The SMILES string of the molecule is [O]S(=O)CCCl. The van der Waals surface area contributed by atoms with Gasteiger partial charge < -0.3 is 0 Å². The number of hydrogen-bond donors (Lipinski definition) is 0. The highest BCUT2D eigenvalue weighted by Gasteiger charge is 1.88. The molecule has 2 nitrogen and oxygen atoms in total. The summed E-state index contributed by atoms with van der Waals surface area (Å²) in [6.07, 6.45) is 0. The van der Waals surface area contributed by atoms with Crippen LogP contribution in [0.5, 0.6) is 0 Å². The van der Waals surface area contributed by atoms with Crippen LogP contribution in [0.3, 0.4) is 0 Å². The molecule has 0 amide bonds. The molecule has 4 heteroatoms. The van der Waals surface area contributed by atoms with Gasteiger partial charge in [-0.1, -0.05) is 0 Å². The molecule has 37 valence electrons. The molecule has 0 aliphatic rings. The van der Waals surface area contributed by atoms with Gasteiger partial charge in [0.05, 0.1) is 5.75 Å². The lowest BCUT2D eigenvalue weighted by Gasteiger charge is -1.76. The van der Waals surface area contributed by atoms with Gasteiger partial charge in [-0.2, -0.15) is 0 Å². The van der Waals surface area contributed by atoms with Crippen LogP contribution in [0.4, 0.5) is 0 Å². The minimum absolute atomic E-state index is 0.0571. The van der Waals surface area contributed by atoms with Crippen molar-refractivity contribution in [3.8, 4) is 0 Å². The molecule has 1 unspecified atom stereocenters. The predicted octanol–water partition coefficient (Wildman–Crippen LogP) is 0.319. The molecule has 0 saturated carbocycles. The van der Waals surface area contributed by atoms with Gasteiger partial charge in [-0.05, 0) is 0 Å². The van der Waals surface area contributed by atoms with E-state index in [2.05, 4.69) is 0 Å². The Hall–Kier alpha value is 0.400. The van der Waals surface area contributed by atoms with E-state index in [-0.39, 0.29) is 11.6 Å². The summed E-state index contributed by atoms with van der Waals surface area (Å²) in [5, 5.41) is 0. The van der Waals surface area contributed by atoms with Gasteiger partial charge in [0.2, 0.25) is 0 Å². The molecule has 0 aromatic rings. The summed E-state index contributed by atoms with van der Waals surface area (Å²) in [6, 6.07) is 0. The van der Waals surface area contributed by atoms with Crippen LogP contribution in [0.1, 0.15) is 0 Å². The topological polar surface area (TPSA) is 37.0 Å². The van der Waals surface area contributed by atoms with Gasteiger partial charge in [0, 0.05) is 5.88 Å². The van der Waals surface area contributed by atoms with Gasteiger partial charge in [0.25, 0.3) is 0 Å². The zero-order valence-corrected chi connectivity index (χ0v) is 4.59. The van der Waals surface area contributed by atoms with Crippen molar-refractivity contribution >= 4 is 22.7 Å². The lowest BCUT2D eigenvalue weighted by Crippen LogP contribution is -1.92. The Morgan fingerprint density at radius 2 is 2.17 bits per heavy atom. The molecule has 6 heavy (non-hydrogen) atoms. The van der Waals surface area contributed by atoms with E-state index < -0.39 is 11.1 Å². The van der Waals surface area contributed by atoms with Crippen LogP contribution in [-0.2, 0) is 15.6 Å².